The fourth-order valence-electron chi connectivity index (χ4n) is 2.54. The SMILES string of the molecule is CN(C)C(=O)Cn1nc(F)c2ncc(-c3cccc(C(C)(F)F)c3)cc21. The number of alkyl halides is 2. The molecule has 0 spiro atoms. The molecule has 0 aliphatic heterocycles. The molecule has 2 aromatic heterocycles. The summed E-state index contributed by atoms with van der Waals surface area (Å²) in [4.78, 5) is 17.3. The molecule has 0 radical (unpaired) electrons. The van der Waals surface area contributed by atoms with Gasteiger partial charge in [-0.2, -0.15) is 4.39 Å². The zero-order valence-electron chi connectivity index (χ0n) is 14.5. The molecule has 1 amide bonds. The lowest BCUT2D eigenvalue weighted by Gasteiger charge is -2.12. The molecule has 3 aromatic rings. The predicted molar refractivity (Wildman–Crippen MR) is 91.2 cm³/mol. The van der Waals surface area contributed by atoms with Crippen LogP contribution in [-0.2, 0) is 17.3 Å². The van der Waals surface area contributed by atoms with Gasteiger partial charge < -0.3 is 4.90 Å². The first-order valence-corrected chi connectivity index (χ1v) is 7.88. The average molecular weight is 362 g/mol. The van der Waals surface area contributed by atoms with Crippen molar-refractivity contribution in [2.24, 2.45) is 0 Å². The third kappa shape index (κ3) is 3.40. The second-order valence-corrected chi connectivity index (χ2v) is 6.30. The lowest BCUT2D eigenvalue weighted by Crippen LogP contribution is -2.26. The Kier molecular flexibility index (Phi) is 4.43. The van der Waals surface area contributed by atoms with Gasteiger partial charge in [-0.1, -0.05) is 18.2 Å². The predicted octanol–water partition coefficient (Wildman–Crippen LogP) is 3.44. The van der Waals surface area contributed by atoms with E-state index in [1.165, 1.54) is 34.0 Å². The van der Waals surface area contributed by atoms with Crippen molar-refractivity contribution in [3.63, 3.8) is 0 Å². The Morgan fingerprint density at radius 2 is 1.96 bits per heavy atom. The van der Waals surface area contributed by atoms with Crippen LogP contribution in [0.4, 0.5) is 13.2 Å². The van der Waals surface area contributed by atoms with Gasteiger partial charge in [0.2, 0.25) is 5.91 Å². The molecule has 0 unspecified atom stereocenters. The van der Waals surface area contributed by atoms with Gasteiger partial charge in [-0.3, -0.25) is 9.48 Å². The first-order valence-electron chi connectivity index (χ1n) is 7.88. The van der Waals surface area contributed by atoms with E-state index in [-0.39, 0.29) is 23.5 Å². The van der Waals surface area contributed by atoms with E-state index in [1.54, 1.807) is 26.2 Å². The molecule has 0 bridgehead atoms. The summed E-state index contributed by atoms with van der Waals surface area (Å²) < 4.78 is 42.4. The van der Waals surface area contributed by atoms with Gasteiger partial charge >= 0.3 is 0 Å². The van der Waals surface area contributed by atoms with Crippen LogP contribution in [0.2, 0.25) is 0 Å². The third-order valence-electron chi connectivity index (χ3n) is 4.04. The molecule has 136 valence electrons. The highest BCUT2D eigenvalue weighted by Crippen LogP contribution is 2.31. The number of hydrogen-bond acceptors (Lipinski definition) is 3. The van der Waals surface area contributed by atoms with Crippen LogP contribution in [-0.4, -0.2) is 39.7 Å². The van der Waals surface area contributed by atoms with Crippen LogP contribution in [0.5, 0.6) is 0 Å². The van der Waals surface area contributed by atoms with Crippen molar-refractivity contribution < 1.29 is 18.0 Å². The van der Waals surface area contributed by atoms with Crippen molar-refractivity contribution in [1.29, 1.82) is 0 Å². The molecule has 0 aliphatic rings. The van der Waals surface area contributed by atoms with Crippen molar-refractivity contribution in [2.45, 2.75) is 19.4 Å². The summed E-state index contributed by atoms with van der Waals surface area (Å²) in [6.45, 7) is 0.677. The van der Waals surface area contributed by atoms with Crippen LogP contribution in [0.15, 0.2) is 36.5 Å². The molecular formula is C18H17F3N4O. The Labute approximate surface area is 148 Å². The summed E-state index contributed by atoms with van der Waals surface area (Å²) in [5, 5.41) is 3.72. The molecular weight excluding hydrogens is 345 g/mol. The fourth-order valence-corrected chi connectivity index (χ4v) is 2.54. The minimum atomic E-state index is -2.97. The zero-order chi connectivity index (χ0) is 19.1. The largest absolute Gasteiger partial charge is 0.347 e. The van der Waals surface area contributed by atoms with Gasteiger partial charge in [-0.05, 0) is 17.7 Å². The number of carbonyl (C=O) groups excluding carboxylic acids is 1. The normalized spacial score (nSPS) is 11.8. The van der Waals surface area contributed by atoms with E-state index in [9.17, 15) is 18.0 Å². The minimum absolute atomic E-state index is 0.0253. The minimum Gasteiger partial charge on any atom is -0.347 e. The summed E-state index contributed by atoms with van der Waals surface area (Å²) in [5.74, 6) is -4.01. The summed E-state index contributed by atoms with van der Waals surface area (Å²) in [6.07, 6.45) is 1.40. The Morgan fingerprint density at radius 1 is 1.23 bits per heavy atom. The first kappa shape index (κ1) is 17.9. The van der Waals surface area contributed by atoms with Crippen molar-refractivity contribution in [2.75, 3.05) is 14.1 Å². The van der Waals surface area contributed by atoms with E-state index in [2.05, 4.69) is 10.1 Å². The van der Waals surface area contributed by atoms with E-state index in [0.29, 0.717) is 16.6 Å². The summed E-state index contributed by atoms with van der Waals surface area (Å²) in [6, 6.07) is 7.49. The Balaban J connectivity index is 2.08. The van der Waals surface area contributed by atoms with Crippen LogP contribution >= 0.6 is 0 Å². The van der Waals surface area contributed by atoms with Crippen molar-refractivity contribution >= 4 is 16.9 Å². The molecule has 26 heavy (non-hydrogen) atoms. The van der Waals surface area contributed by atoms with E-state index in [0.717, 1.165) is 6.92 Å². The van der Waals surface area contributed by atoms with Crippen LogP contribution < -0.4 is 0 Å². The summed E-state index contributed by atoms with van der Waals surface area (Å²) in [7, 11) is 3.18. The van der Waals surface area contributed by atoms with Crippen LogP contribution in [0.3, 0.4) is 0 Å². The summed E-state index contributed by atoms with van der Waals surface area (Å²) >= 11 is 0. The number of likely N-dealkylation sites (N-methyl/N-ethyl adjacent to an activating group) is 1. The Morgan fingerprint density at radius 3 is 2.62 bits per heavy atom. The first-order chi connectivity index (χ1) is 12.2. The standard InChI is InChI=1S/C18H17F3N4O/c1-18(20,21)13-6-4-5-11(7-13)12-8-14-16(22-9-12)17(19)23-25(14)10-15(26)24(2)3/h4-9H,10H2,1-3H3. The van der Waals surface area contributed by atoms with E-state index < -0.39 is 11.9 Å². The molecule has 0 aliphatic carbocycles. The number of amides is 1. The molecule has 0 saturated heterocycles. The number of rotatable bonds is 4. The van der Waals surface area contributed by atoms with Gasteiger partial charge in [0.05, 0.1) is 5.52 Å². The topological polar surface area (TPSA) is 51.0 Å². The Bertz CT molecular complexity index is 976. The second-order valence-electron chi connectivity index (χ2n) is 6.30. The van der Waals surface area contributed by atoms with Crippen LogP contribution in [0, 0.1) is 5.95 Å². The molecule has 5 nitrogen and oxygen atoms in total. The lowest BCUT2D eigenvalue weighted by atomic mass is 10.0. The molecule has 0 fully saturated rings. The van der Waals surface area contributed by atoms with Gasteiger partial charge in [0.1, 0.15) is 12.1 Å². The quantitative estimate of drug-likeness (QED) is 0.714. The highest BCUT2D eigenvalue weighted by atomic mass is 19.3. The van der Waals surface area contributed by atoms with E-state index in [1.807, 2.05) is 0 Å². The highest BCUT2D eigenvalue weighted by Gasteiger charge is 2.24. The fraction of sp³-hybridized carbons (Fsp3) is 0.278. The zero-order valence-corrected chi connectivity index (χ0v) is 14.5. The Hall–Kier alpha value is -2.90. The lowest BCUT2D eigenvalue weighted by molar-refractivity contribution is -0.129. The second kappa shape index (κ2) is 6.44. The number of nitrogens with zero attached hydrogens (tertiary/aromatic N) is 4. The van der Waals surface area contributed by atoms with Gasteiger partial charge in [0.25, 0.3) is 11.9 Å². The molecule has 0 N–H and O–H groups in total. The van der Waals surface area contributed by atoms with Gasteiger partial charge in [0, 0.05) is 38.3 Å². The maximum atomic E-state index is 14.0. The number of aromatic nitrogens is 3. The third-order valence-corrected chi connectivity index (χ3v) is 4.04. The number of halogens is 3. The van der Waals surface area contributed by atoms with Gasteiger partial charge in [0.15, 0.2) is 0 Å². The molecule has 1 aromatic carbocycles. The summed E-state index contributed by atoms with van der Waals surface area (Å²) in [5.41, 5.74) is 1.27. The van der Waals surface area contributed by atoms with Crippen LogP contribution in [0.1, 0.15) is 12.5 Å². The maximum Gasteiger partial charge on any atom is 0.270 e. The number of carbonyl (C=O) groups is 1. The number of hydrogen-bond donors (Lipinski definition) is 0. The van der Waals surface area contributed by atoms with E-state index in [4.69, 9.17) is 0 Å². The number of benzene rings is 1. The molecule has 0 saturated carbocycles. The molecule has 0 atom stereocenters. The molecule has 8 heteroatoms. The molecule has 2 heterocycles. The number of fused-ring (bicyclic) bond motifs is 1. The molecule has 3 rings (SSSR count). The smallest absolute Gasteiger partial charge is 0.270 e. The van der Waals surface area contributed by atoms with Crippen molar-refractivity contribution in [1.82, 2.24) is 19.7 Å². The van der Waals surface area contributed by atoms with E-state index >= 15 is 0 Å². The number of pyridine rings is 1. The monoisotopic (exact) mass is 362 g/mol. The van der Waals surface area contributed by atoms with Gasteiger partial charge in [-0.25, -0.2) is 13.8 Å². The van der Waals surface area contributed by atoms with Crippen molar-refractivity contribution in [3.05, 3.63) is 48.0 Å². The highest BCUT2D eigenvalue weighted by molar-refractivity contribution is 5.83. The van der Waals surface area contributed by atoms with Gasteiger partial charge in [-0.15, -0.1) is 5.10 Å². The average Bonchev–Trinajstić information content (AvgIpc) is 2.89. The van der Waals surface area contributed by atoms with Crippen LogP contribution in [0.25, 0.3) is 22.2 Å². The maximum absolute atomic E-state index is 14.0. The van der Waals surface area contributed by atoms with Crippen molar-refractivity contribution in [3.8, 4) is 11.1 Å².